The van der Waals surface area contributed by atoms with Gasteiger partial charge in [-0.25, -0.2) is 9.59 Å². The molecule has 4 saturated carbocycles. The Kier molecular flexibility index (Phi) is 4.29. The van der Waals surface area contributed by atoms with Crippen molar-refractivity contribution in [3.05, 3.63) is 69.5 Å². The summed E-state index contributed by atoms with van der Waals surface area (Å²) in [6, 6.07) is 14.2. The molecule has 1 aromatic heterocycles. The average molecular weight is 435 g/mol. The van der Waals surface area contributed by atoms with E-state index in [0.717, 1.165) is 24.6 Å². The zero-order valence-electron chi connectivity index (χ0n) is 17.1. The van der Waals surface area contributed by atoms with E-state index in [1.807, 2.05) is 18.2 Å². The van der Waals surface area contributed by atoms with Crippen molar-refractivity contribution in [2.24, 2.45) is 17.8 Å². The summed E-state index contributed by atoms with van der Waals surface area (Å²) in [5.74, 6) is 1.66. The van der Waals surface area contributed by atoms with Gasteiger partial charge < -0.3 is 9.15 Å². The van der Waals surface area contributed by atoms with Crippen molar-refractivity contribution in [3.8, 4) is 11.1 Å². The number of halogens is 1. The standard InChI is InChI=1S/C26H23ClO4/c27-22-6-5-18(20-11-19-3-1-2-4-23(19)30-24(20)28)10-21(22)25(29)31-26-12-15-7-16(13-26)9-17(8-15)14-26/h1-6,10-11,15-17H,7-9,12-14H2. The number of hydrogen-bond acceptors (Lipinski definition) is 4. The van der Waals surface area contributed by atoms with Crippen LogP contribution in [0.15, 0.2) is 57.7 Å². The Morgan fingerprint density at radius 1 is 0.968 bits per heavy atom. The first-order valence-corrected chi connectivity index (χ1v) is 11.4. The fraction of sp³-hybridized carbons (Fsp3) is 0.385. The van der Waals surface area contributed by atoms with Crippen LogP contribution < -0.4 is 5.63 Å². The molecule has 0 spiro atoms. The Labute approximate surface area is 185 Å². The summed E-state index contributed by atoms with van der Waals surface area (Å²) < 4.78 is 11.6. The molecule has 0 saturated heterocycles. The van der Waals surface area contributed by atoms with Crippen LogP contribution in [0.25, 0.3) is 22.1 Å². The van der Waals surface area contributed by atoms with Gasteiger partial charge in [0.25, 0.3) is 0 Å². The Morgan fingerprint density at radius 3 is 2.35 bits per heavy atom. The van der Waals surface area contributed by atoms with Gasteiger partial charge in [-0.3, -0.25) is 0 Å². The van der Waals surface area contributed by atoms with Crippen molar-refractivity contribution in [1.82, 2.24) is 0 Å². The molecule has 0 atom stereocenters. The summed E-state index contributed by atoms with van der Waals surface area (Å²) in [6.07, 6.45) is 6.75. The van der Waals surface area contributed by atoms with Gasteiger partial charge >= 0.3 is 11.6 Å². The van der Waals surface area contributed by atoms with Crippen molar-refractivity contribution in [2.75, 3.05) is 0 Å². The lowest BCUT2D eigenvalue weighted by Gasteiger charge is -2.55. The van der Waals surface area contributed by atoms with Crippen LogP contribution >= 0.6 is 11.6 Å². The van der Waals surface area contributed by atoms with Crippen LogP contribution in [-0.4, -0.2) is 11.6 Å². The molecular weight excluding hydrogens is 412 g/mol. The second-order valence-corrected chi connectivity index (χ2v) is 10.1. The van der Waals surface area contributed by atoms with Crippen LogP contribution in [0, 0.1) is 17.8 Å². The number of benzene rings is 2. The Balaban J connectivity index is 1.34. The number of carbonyl (C=O) groups is 1. The van der Waals surface area contributed by atoms with Crippen molar-refractivity contribution in [3.63, 3.8) is 0 Å². The minimum absolute atomic E-state index is 0.308. The van der Waals surface area contributed by atoms with Gasteiger partial charge in [0.05, 0.1) is 16.1 Å². The fourth-order valence-electron chi connectivity index (χ4n) is 6.52. The van der Waals surface area contributed by atoms with Gasteiger partial charge in [-0.15, -0.1) is 0 Å². The molecule has 4 bridgehead atoms. The number of rotatable bonds is 3. The highest BCUT2D eigenvalue weighted by atomic mass is 35.5. The molecule has 0 unspecified atom stereocenters. The normalized spacial score (nSPS) is 28.7. The van der Waals surface area contributed by atoms with Gasteiger partial charge in [0.2, 0.25) is 0 Å². The van der Waals surface area contributed by atoms with E-state index >= 15 is 0 Å². The monoisotopic (exact) mass is 434 g/mol. The van der Waals surface area contributed by atoms with Crippen LogP contribution in [0.1, 0.15) is 48.9 Å². The molecule has 0 radical (unpaired) electrons. The average Bonchev–Trinajstić information content (AvgIpc) is 2.72. The predicted octanol–water partition coefficient (Wildman–Crippen LogP) is 6.24. The van der Waals surface area contributed by atoms with E-state index in [1.54, 1.807) is 30.3 Å². The van der Waals surface area contributed by atoms with E-state index in [0.29, 0.717) is 45.0 Å². The lowest BCUT2D eigenvalue weighted by Crippen LogP contribution is -2.52. The van der Waals surface area contributed by atoms with Gasteiger partial charge in [-0.1, -0.05) is 35.9 Å². The maximum absolute atomic E-state index is 13.2. The molecule has 1 heterocycles. The van der Waals surface area contributed by atoms with Crippen molar-refractivity contribution in [1.29, 1.82) is 0 Å². The number of fused-ring (bicyclic) bond motifs is 1. The molecule has 2 aromatic carbocycles. The summed E-state index contributed by atoms with van der Waals surface area (Å²) in [7, 11) is 0. The molecule has 4 fully saturated rings. The molecule has 4 aliphatic rings. The number of ether oxygens (including phenoxy) is 1. The molecule has 0 amide bonds. The van der Waals surface area contributed by atoms with Gasteiger partial charge in [0, 0.05) is 5.39 Å². The van der Waals surface area contributed by atoms with Gasteiger partial charge in [-0.2, -0.15) is 0 Å². The third-order valence-electron chi connectivity index (χ3n) is 7.43. The summed E-state index contributed by atoms with van der Waals surface area (Å²) >= 11 is 6.40. The zero-order chi connectivity index (χ0) is 21.2. The molecular formula is C26H23ClO4. The topological polar surface area (TPSA) is 56.5 Å². The number of hydrogen-bond donors (Lipinski definition) is 0. The van der Waals surface area contributed by atoms with Crippen LogP contribution in [0.3, 0.4) is 0 Å². The highest BCUT2D eigenvalue weighted by molar-refractivity contribution is 6.33. The highest BCUT2D eigenvalue weighted by Crippen LogP contribution is 2.57. The van der Waals surface area contributed by atoms with E-state index in [-0.39, 0.29) is 11.6 Å². The predicted molar refractivity (Wildman–Crippen MR) is 119 cm³/mol. The summed E-state index contributed by atoms with van der Waals surface area (Å²) in [5.41, 5.74) is 1.06. The molecule has 5 heteroatoms. The summed E-state index contributed by atoms with van der Waals surface area (Å²) in [4.78, 5) is 25.8. The third-order valence-corrected chi connectivity index (χ3v) is 7.76. The van der Waals surface area contributed by atoms with Crippen molar-refractivity contribution < 1.29 is 13.9 Å². The zero-order valence-corrected chi connectivity index (χ0v) is 17.9. The van der Waals surface area contributed by atoms with E-state index in [4.69, 9.17) is 20.8 Å². The van der Waals surface area contributed by atoms with Gasteiger partial charge in [0.1, 0.15) is 11.2 Å². The van der Waals surface area contributed by atoms with E-state index < -0.39 is 5.63 Å². The number of carbonyl (C=O) groups excluding carboxylic acids is 1. The second kappa shape index (κ2) is 6.96. The summed E-state index contributed by atoms with van der Waals surface area (Å²) in [6.45, 7) is 0. The third kappa shape index (κ3) is 3.28. The molecule has 4 aliphatic carbocycles. The minimum Gasteiger partial charge on any atom is -0.455 e. The Hall–Kier alpha value is -2.59. The molecule has 158 valence electrons. The van der Waals surface area contributed by atoms with Gasteiger partial charge in [-0.05, 0) is 86.1 Å². The lowest BCUT2D eigenvalue weighted by atomic mass is 9.54. The Morgan fingerprint density at radius 2 is 1.65 bits per heavy atom. The smallest absolute Gasteiger partial charge is 0.344 e. The first-order chi connectivity index (χ1) is 15.0. The maximum atomic E-state index is 13.2. The molecule has 0 aliphatic heterocycles. The summed E-state index contributed by atoms with van der Waals surface area (Å²) in [5, 5.41) is 1.16. The van der Waals surface area contributed by atoms with Crippen molar-refractivity contribution in [2.45, 2.75) is 44.1 Å². The second-order valence-electron chi connectivity index (χ2n) is 9.67. The van der Waals surface area contributed by atoms with Crippen LogP contribution in [0.2, 0.25) is 5.02 Å². The van der Waals surface area contributed by atoms with Crippen molar-refractivity contribution >= 4 is 28.5 Å². The molecule has 0 N–H and O–H groups in total. The minimum atomic E-state index is -0.443. The van der Waals surface area contributed by atoms with E-state index in [2.05, 4.69) is 0 Å². The van der Waals surface area contributed by atoms with E-state index in [9.17, 15) is 9.59 Å². The molecule has 3 aromatic rings. The number of esters is 1. The maximum Gasteiger partial charge on any atom is 0.344 e. The lowest BCUT2D eigenvalue weighted by molar-refractivity contribution is -0.131. The molecule has 7 rings (SSSR count). The van der Waals surface area contributed by atoms with Crippen LogP contribution in [-0.2, 0) is 4.74 Å². The fourth-order valence-corrected chi connectivity index (χ4v) is 6.71. The Bertz CT molecular complexity index is 1220. The highest BCUT2D eigenvalue weighted by Gasteiger charge is 2.53. The largest absolute Gasteiger partial charge is 0.455 e. The van der Waals surface area contributed by atoms with Crippen LogP contribution in [0.5, 0.6) is 0 Å². The first-order valence-electron chi connectivity index (χ1n) is 11.0. The van der Waals surface area contributed by atoms with E-state index in [1.165, 1.54) is 19.3 Å². The van der Waals surface area contributed by atoms with Crippen LogP contribution in [0.4, 0.5) is 0 Å². The molecule has 31 heavy (non-hydrogen) atoms. The van der Waals surface area contributed by atoms with Gasteiger partial charge in [0.15, 0.2) is 0 Å². The SMILES string of the molecule is O=C(OC12CC3CC(CC(C3)C1)C2)c1cc(-c2cc3ccccc3oc2=O)ccc1Cl. The quantitative estimate of drug-likeness (QED) is 0.361. The first kappa shape index (κ1) is 19.1. The number of para-hydroxylation sites is 1. The molecule has 4 nitrogen and oxygen atoms in total.